The summed E-state index contributed by atoms with van der Waals surface area (Å²) in [5.41, 5.74) is 0. The van der Waals surface area contributed by atoms with Crippen molar-refractivity contribution in [1.82, 2.24) is 15.0 Å². The summed E-state index contributed by atoms with van der Waals surface area (Å²) in [6.45, 7) is -2.54. The standard InChI is InChI=1S/C20H32N6O10/c1-4-6-31-8-24(10-33-14-27)18-21-19(25(11-34-15-28)9-32-7-5-2)23-20(22-18)26(12-35-16-29)13-36-17-30-3/h1-2,27-29H,6-17H2,3H3. The van der Waals surface area contributed by atoms with Gasteiger partial charge in [0.05, 0.1) is 0 Å². The number of nitrogens with zero attached hydrogens (tertiary/aromatic N) is 6. The Hall–Kier alpha value is -2.87. The van der Waals surface area contributed by atoms with Crippen molar-refractivity contribution in [3.63, 3.8) is 0 Å². The number of methoxy groups -OCH3 is 1. The van der Waals surface area contributed by atoms with E-state index in [1.165, 1.54) is 21.8 Å². The number of hydrogen-bond acceptors (Lipinski definition) is 16. The average molecular weight is 517 g/mol. The van der Waals surface area contributed by atoms with Crippen LogP contribution in [0.2, 0.25) is 0 Å². The van der Waals surface area contributed by atoms with Gasteiger partial charge < -0.3 is 48.5 Å². The number of terminal acetylenes is 2. The van der Waals surface area contributed by atoms with Crippen LogP contribution in [0.15, 0.2) is 0 Å². The van der Waals surface area contributed by atoms with Gasteiger partial charge >= 0.3 is 0 Å². The van der Waals surface area contributed by atoms with Crippen LogP contribution in [0.25, 0.3) is 0 Å². The second-order valence-corrected chi connectivity index (χ2v) is 6.35. The van der Waals surface area contributed by atoms with Crippen molar-refractivity contribution in [1.29, 1.82) is 0 Å². The second kappa shape index (κ2) is 20.3. The highest BCUT2D eigenvalue weighted by molar-refractivity contribution is 5.45. The lowest BCUT2D eigenvalue weighted by molar-refractivity contribution is -0.0467. The van der Waals surface area contributed by atoms with E-state index in [1.807, 2.05) is 0 Å². The summed E-state index contributed by atoms with van der Waals surface area (Å²) in [6, 6.07) is 0. The first kappa shape index (κ1) is 31.2. The largest absolute Gasteiger partial charge is 0.371 e. The van der Waals surface area contributed by atoms with E-state index in [1.54, 1.807) is 0 Å². The molecule has 1 aromatic rings. The van der Waals surface area contributed by atoms with Gasteiger partial charge in [0.15, 0.2) is 0 Å². The van der Waals surface area contributed by atoms with Crippen LogP contribution in [0, 0.1) is 24.7 Å². The van der Waals surface area contributed by atoms with E-state index in [2.05, 4.69) is 26.8 Å². The van der Waals surface area contributed by atoms with Crippen LogP contribution in [0.3, 0.4) is 0 Å². The van der Waals surface area contributed by atoms with E-state index in [0.717, 1.165) is 0 Å². The van der Waals surface area contributed by atoms with Crippen molar-refractivity contribution in [2.24, 2.45) is 0 Å². The smallest absolute Gasteiger partial charge is 0.235 e. The maximum absolute atomic E-state index is 9.12. The minimum atomic E-state index is -0.575. The zero-order chi connectivity index (χ0) is 26.4. The molecule has 0 amide bonds. The zero-order valence-corrected chi connectivity index (χ0v) is 20.0. The maximum Gasteiger partial charge on any atom is 0.235 e. The quantitative estimate of drug-likeness (QED) is 0.0864. The molecule has 0 bridgehead atoms. The van der Waals surface area contributed by atoms with Gasteiger partial charge in [-0.1, -0.05) is 11.8 Å². The fourth-order valence-electron chi connectivity index (χ4n) is 2.34. The Labute approximate surface area is 209 Å². The third kappa shape index (κ3) is 12.2. The molecular formula is C20H32N6O10. The van der Waals surface area contributed by atoms with Gasteiger partial charge in [-0.2, -0.15) is 15.0 Å². The summed E-state index contributed by atoms with van der Waals surface area (Å²) in [7, 11) is 1.46. The zero-order valence-electron chi connectivity index (χ0n) is 20.0. The van der Waals surface area contributed by atoms with Gasteiger partial charge in [-0.05, 0) is 0 Å². The van der Waals surface area contributed by atoms with Crippen LogP contribution >= 0.6 is 0 Å². The van der Waals surface area contributed by atoms with Gasteiger partial charge in [0.2, 0.25) is 17.8 Å². The lowest BCUT2D eigenvalue weighted by Crippen LogP contribution is -2.37. The molecule has 1 rings (SSSR count). The third-order valence-electron chi connectivity index (χ3n) is 3.78. The molecule has 16 nitrogen and oxygen atoms in total. The molecule has 0 aliphatic heterocycles. The van der Waals surface area contributed by atoms with Crippen LogP contribution in [0.4, 0.5) is 17.8 Å². The molecule has 0 saturated heterocycles. The summed E-state index contributed by atoms with van der Waals surface area (Å²) in [4.78, 5) is 17.5. The van der Waals surface area contributed by atoms with Gasteiger partial charge in [-0.3, -0.25) is 14.7 Å². The minimum absolute atomic E-state index is 0.00185. The number of hydrogen-bond donors (Lipinski definition) is 3. The molecule has 1 aromatic heterocycles. The highest BCUT2D eigenvalue weighted by Gasteiger charge is 2.21. The number of ether oxygens (including phenoxy) is 7. The fraction of sp³-hybridized carbons (Fsp3) is 0.650. The van der Waals surface area contributed by atoms with Gasteiger partial charge in [-0.15, -0.1) is 12.8 Å². The maximum atomic E-state index is 9.12. The molecule has 202 valence electrons. The van der Waals surface area contributed by atoms with Crippen molar-refractivity contribution >= 4 is 17.8 Å². The summed E-state index contributed by atoms with van der Waals surface area (Å²) in [6.07, 6.45) is 10.5. The average Bonchev–Trinajstić information content (AvgIpc) is 2.89. The molecule has 1 heterocycles. The molecular weight excluding hydrogens is 484 g/mol. The number of aliphatic hydroxyl groups is 3. The minimum Gasteiger partial charge on any atom is -0.371 e. The molecule has 16 heteroatoms. The molecule has 0 saturated carbocycles. The predicted molar refractivity (Wildman–Crippen MR) is 124 cm³/mol. The first-order chi connectivity index (χ1) is 17.6. The Morgan fingerprint density at radius 3 is 1.25 bits per heavy atom. The van der Waals surface area contributed by atoms with Crippen LogP contribution in [-0.4, -0.2) is 118 Å². The van der Waals surface area contributed by atoms with E-state index in [0.29, 0.717) is 0 Å². The fourth-order valence-corrected chi connectivity index (χ4v) is 2.34. The molecule has 0 spiro atoms. The van der Waals surface area contributed by atoms with Crippen LogP contribution in [0.1, 0.15) is 0 Å². The molecule has 0 unspecified atom stereocenters. The summed E-state index contributed by atoms with van der Waals surface area (Å²) < 4.78 is 36.3. The van der Waals surface area contributed by atoms with E-state index in [-0.39, 0.29) is 78.2 Å². The number of rotatable bonds is 22. The molecule has 36 heavy (non-hydrogen) atoms. The first-order valence-corrected chi connectivity index (χ1v) is 10.3. The monoisotopic (exact) mass is 516 g/mol. The highest BCUT2D eigenvalue weighted by atomic mass is 16.7. The molecule has 0 aliphatic rings. The van der Waals surface area contributed by atoms with Gasteiger partial charge in [0.1, 0.15) is 80.8 Å². The van der Waals surface area contributed by atoms with Crippen molar-refractivity contribution in [3.8, 4) is 24.7 Å². The van der Waals surface area contributed by atoms with Crippen molar-refractivity contribution in [2.45, 2.75) is 0 Å². The Morgan fingerprint density at radius 1 is 0.611 bits per heavy atom. The summed E-state index contributed by atoms with van der Waals surface area (Å²) in [5, 5.41) is 27.4. The second-order valence-electron chi connectivity index (χ2n) is 6.35. The van der Waals surface area contributed by atoms with E-state index in [9.17, 15) is 0 Å². The van der Waals surface area contributed by atoms with Gasteiger partial charge in [-0.25, -0.2) is 0 Å². The molecule has 0 radical (unpaired) electrons. The normalized spacial score (nSPS) is 10.6. The number of aromatic nitrogens is 3. The predicted octanol–water partition coefficient (Wildman–Crippen LogP) is -2.14. The van der Waals surface area contributed by atoms with Crippen LogP contribution in [0.5, 0.6) is 0 Å². The van der Waals surface area contributed by atoms with E-state index in [4.69, 9.17) is 61.3 Å². The molecule has 0 fully saturated rings. The lowest BCUT2D eigenvalue weighted by atomic mass is 10.6. The number of aliphatic hydroxyl groups excluding tert-OH is 3. The van der Waals surface area contributed by atoms with Crippen molar-refractivity contribution in [3.05, 3.63) is 0 Å². The Kier molecular flexibility index (Phi) is 17.6. The SMILES string of the molecule is C#CCOCN(COCO)c1nc(N(COCO)COCC#C)nc(N(COCO)COCOC)n1. The topological polar surface area (TPSA) is 174 Å². The molecule has 0 aliphatic carbocycles. The molecule has 3 N–H and O–H groups in total. The Balaban J connectivity index is 3.46. The van der Waals surface area contributed by atoms with Gasteiger partial charge in [0.25, 0.3) is 0 Å². The molecule has 0 aromatic carbocycles. The van der Waals surface area contributed by atoms with Gasteiger partial charge in [0, 0.05) is 7.11 Å². The summed E-state index contributed by atoms with van der Waals surface area (Å²) >= 11 is 0. The van der Waals surface area contributed by atoms with E-state index >= 15 is 0 Å². The number of anilines is 3. The van der Waals surface area contributed by atoms with Crippen LogP contribution < -0.4 is 14.7 Å². The lowest BCUT2D eigenvalue weighted by Gasteiger charge is -2.28. The Bertz CT molecular complexity index is 743. The van der Waals surface area contributed by atoms with Crippen molar-refractivity contribution in [2.75, 3.05) is 103 Å². The highest BCUT2D eigenvalue weighted by Crippen LogP contribution is 2.20. The molecule has 0 atom stereocenters. The third-order valence-corrected chi connectivity index (χ3v) is 3.78. The van der Waals surface area contributed by atoms with E-state index < -0.39 is 20.4 Å². The van der Waals surface area contributed by atoms with Crippen molar-refractivity contribution < 1.29 is 48.5 Å². The first-order valence-electron chi connectivity index (χ1n) is 10.3. The Morgan fingerprint density at radius 2 is 0.944 bits per heavy atom. The van der Waals surface area contributed by atoms with Crippen LogP contribution in [-0.2, 0) is 33.2 Å². The summed E-state index contributed by atoms with van der Waals surface area (Å²) in [5.74, 6) is 4.84.